The van der Waals surface area contributed by atoms with E-state index in [9.17, 15) is 9.59 Å². The zero-order valence-electron chi connectivity index (χ0n) is 15.9. The van der Waals surface area contributed by atoms with E-state index in [2.05, 4.69) is 12.2 Å². The van der Waals surface area contributed by atoms with Crippen LogP contribution in [0, 0.1) is 5.92 Å². The number of nitrogens with one attached hydrogen (secondary N) is 2. The zero-order valence-corrected chi connectivity index (χ0v) is 16.7. The van der Waals surface area contributed by atoms with E-state index in [1.807, 2.05) is 6.92 Å². The van der Waals surface area contributed by atoms with Gasteiger partial charge in [-0.3, -0.25) is 4.79 Å². The number of ether oxygens (including phenoxy) is 2. The third kappa shape index (κ3) is 4.10. The van der Waals surface area contributed by atoms with Crippen LogP contribution in [-0.4, -0.2) is 50.8 Å². The van der Waals surface area contributed by atoms with Gasteiger partial charge in [0.15, 0.2) is 6.04 Å². The lowest BCUT2D eigenvalue weighted by atomic mass is 9.88. The molecular formula is C19H29N2O4S+. The number of rotatable bonds is 5. The topological polar surface area (TPSA) is 69.1 Å². The number of fused-ring (bicyclic) bond motifs is 1. The standard InChI is InChI=1S/C19H28N2O4S/c1-4-25-19(23)16-14-6-5-12(2)11-15(14)26-18(16)20-17(22)13(3)21-7-9-24-10-8-21/h12-13H,4-11H2,1-3H3,(H,20,22)/p+1/t12-,13-/m1/s1. The molecule has 0 saturated carbocycles. The molecule has 1 aromatic rings. The van der Waals surface area contributed by atoms with E-state index in [1.54, 1.807) is 18.3 Å². The van der Waals surface area contributed by atoms with Crippen molar-refractivity contribution in [3.8, 4) is 0 Å². The zero-order chi connectivity index (χ0) is 18.7. The molecule has 7 heteroatoms. The maximum Gasteiger partial charge on any atom is 0.341 e. The van der Waals surface area contributed by atoms with Crippen LogP contribution in [0.15, 0.2) is 0 Å². The molecule has 6 nitrogen and oxygen atoms in total. The number of amides is 1. The molecule has 1 aliphatic heterocycles. The number of esters is 1. The fourth-order valence-electron chi connectivity index (χ4n) is 3.73. The summed E-state index contributed by atoms with van der Waals surface area (Å²) in [5.74, 6) is 0.247. The maximum absolute atomic E-state index is 12.8. The van der Waals surface area contributed by atoms with Crippen LogP contribution in [0.25, 0.3) is 0 Å². The first kappa shape index (κ1) is 19.3. The van der Waals surface area contributed by atoms with Gasteiger partial charge in [-0.25, -0.2) is 4.79 Å². The Bertz CT molecular complexity index is 667. The third-order valence-electron chi connectivity index (χ3n) is 5.37. The van der Waals surface area contributed by atoms with Gasteiger partial charge in [0.2, 0.25) is 0 Å². The molecule has 0 bridgehead atoms. The molecule has 0 radical (unpaired) electrons. The monoisotopic (exact) mass is 381 g/mol. The predicted molar refractivity (Wildman–Crippen MR) is 101 cm³/mol. The quantitative estimate of drug-likeness (QED) is 0.754. The van der Waals surface area contributed by atoms with Gasteiger partial charge < -0.3 is 19.7 Å². The van der Waals surface area contributed by atoms with Gasteiger partial charge in [-0.05, 0) is 44.6 Å². The number of morpholine rings is 1. The fraction of sp³-hybridized carbons (Fsp3) is 0.684. The summed E-state index contributed by atoms with van der Waals surface area (Å²) < 4.78 is 10.7. The van der Waals surface area contributed by atoms with Crippen molar-refractivity contribution in [2.45, 2.75) is 46.1 Å². The normalized spacial score (nSPS) is 21.7. The minimum absolute atomic E-state index is 0.0425. The van der Waals surface area contributed by atoms with Crippen molar-refractivity contribution >= 4 is 28.2 Å². The van der Waals surface area contributed by atoms with Gasteiger partial charge in [-0.15, -0.1) is 11.3 Å². The highest BCUT2D eigenvalue weighted by Gasteiger charge is 2.32. The van der Waals surface area contributed by atoms with Crippen LogP contribution in [0.4, 0.5) is 5.00 Å². The van der Waals surface area contributed by atoms with Crippen LogP contribution in [0.3, 0.4) is 0 Å². The smallest absolute Gasteiger partial charge is 0.341 e. The van der Waals surface area contributed by atoms with Gasteiger partial charge in [0, 0.05) is 4.88 Å². The van der Waals surface area contributed by atoms with Crippen LogP contribution >= 0.6 is 11.3 Å². The Morgan fingerprint density at radius 2 is 2.12 bits per heavy atom. The summed E-state index contributed by atoms with van der Waals surface area (Å²) >= 11 is 1.55. The van der Waals surface area contributed by atoms with Gasteiger partial charge in [0.25, 0.3) is 5.91 Å². The Balaban J connectivity index is 1.81. The number of hydrogen-bond donors (Lipinski definition) is 2. The largest absolute Gasteiger partial charge is 0.462 e. The van der Waals surface area contributed by atoms with Crippen molar-refractivity contribution in [1.82, 2.24) is 0 Å². The molecule has 2 aliphatic rings. The average Bonchev–Trinajstić information content (AvgIpc) is 2.98. The number of carbonyl (C=O) groups excluding carboxylic acids is 2. The average molecular weight is 382 g/mol. The Morgan fingerprint density at radius 3 is 2.81 bits per heavy atom. The minimum Gasteiger partial charge on any atom is -0.462 e. The van der Waals surface area contributed by atoms with Crippen molar-refractivity contribution in [2.24, 2.45) is 5.92 Å². The van der Waals surface area contributed by atoms with Gasteiger partial charge in [0.05, 0.1) is 25.4 Å². The van der Waals surface area contributed by atoms with Crippen molar-refractivity contribution in [1.29, 1.82) is 0 Å². The van der Waals surface area contributed by atoms with E-state index >= 15 is 0 Å². The molecule has 3 rings (SSSR count). The molecular weight excluding hydrogens is 352 g/mol. The summed E-state index contributed by atoms with van der Waals surface area (Å²) in [6, 6.07) is -0.174. The van der Waals surface area contributed by atoms with Gasteiger partial charge in [-0.1, -0.05) is 6.92 Å². The lowest BCUT2D eigenvalue weighted by molar-refractivity contribution is -0.921. The summed E-state index contributed by atoms with van der Waals surface area (Å²) in [7, 11) is 0. The van der Waals surface area contributed by atoms with Crippen molar-refractivity contribution in [3.63, 3.8) is 0 Å². The first-order valence-corrected chi connectivity index (χ1v) is 10.4. The Hall–Kier alpha value is -1.44. The molecule has 1 fully saturated rings. The minimum atomic E-state index is -0.318. The molecule has 2 heterocycles. The van der Waals surface area contributed by atoms with Crippen molar-refractivity contribution in [2.75, 3.05) is 38.2 Å². The molecule has 0 spiro atoms. The van der Waals surface area contributed by atoms with E-state index in [0.717, 1.165) is 37.9 Å². The summed E-state index contributed by atoms with van der Waals surface area (Å²) in [6.07, 6.45) is 2.91. The lowest BCUT2D eigenvalue weighted by Gasteiger charge is -2.28. The maximum atomic E-state index is 12.8. The SMILES string of the molecule is CCOC(=O)c1c(NC(=O)[C@@H](C)[NH+]2CCOCC2)sc2c1CC[C@@H](C)C2. The second-order valence-electron chi connectivity index (χ2n) is 7.26. The molecule has 1 aliphatic carbocycles. The molecule has 2 N–H and O–H groups in total. The van der Waals surface area contributed by atoms with Crippen LogP contribution in [0.5, 0.6) is 0 Å². The van der Waals surface area contributed by atoms with Gasteiger partial charge in [-0.2, -0.15) is 0 Å². The van der Waals surface area contributed by atoms with E-state index in [0.29, 0.717) is 36.3 Å². The van der Waals surface area contributed by atoms with E-state index < -0.39 is 0 Å². The van der Waals surface area contributed by atoms with Crippen LogP contribution < -0.4 is 10.2 Å². The van der Waals surface area contributed by atoms with E-state index in [1.165, 1.54) is 9.78 Å². The molecule has 26 heavy (non-hydrogen) atoms. The van der Waals surface area contributed by atoms with Crippen LogP contribution in [0.2, 0.25) is 0 Å². The highest BCUT2D eigenvalue weighted by Crippen LogP contribution is 2.40. The third-order valence-corrected chi connectivity index (χ3v) is 6.54. The summed E-state index contributed by atoms with van der Waals surface area (Å²) in [5, 5.41) is 3.70. The van der Waals surface area contributed by atoms with E-state index in [-0.39, 0.29) is 17.9 Å². The summed E-state index contributed by atoms with van der Waals surface area (Å²) in [6.45, 7) is 9.35. The summed E-state index contributed by atoms with van der Waals surface area (Å²) in [5.41, 5.74) is 1.66. The summed E-state index contributed by atoms with van der Waals surface area (Å²) in [4.78, 5) is 27.8. The Labute approximate surface area is 158 Å². The number of hydrogen-bond acceptors (Lipinski definition) is 5. The fourth-order valence-corrected chi connectivity index (χ4v) is 5.13. The van der Waals surface area contributed by atoms with Crippen LogP contribution in [0.1, 0.15) is 48.0 Å². The second-order valence-corrected chi connectivity index (χ2v) is 8.36. The number of quaternary nitrogens is 1. The van der Waals surface area contributed by atoms with Gasteiger partial charge >= 0.3 is 5.97 Å². The second kappa shape index (κ2) is 8.50. The molecule has 1 amide bonds. The first-order chi connectivity index (χ1) is 12.5. The highest BCUT2D eigenvalue weighted by molar-refractivity contribution is 7.17. The first-order valence-electron chi connectivity index (χ1n) is 9.56. The van der Waals surface area contributed by atoms with Crippen LogP contribution in [-0.2, 0) is 27.1 Å². The number of anilines is 1. The Kier molecular flexibility index (Phi) is 6.32. The molecule has 2 atom stereocenters. The molecule has 0 aromatic carbocycles. The highest BCUT2D eigenvalue weighted by atomic mass is 32.1. The van der Waals surface area contributed by atoms with Crippen molar-refractivity contribution in [3.05, 3.63) is 16.0 Å². The predicted octanol–water partition coefficient (Wildman–Crippen LogP) is 1.29. The molecule has 144 valence electrons. The molecule has 1 saturated heterocycles. The Morgan fingerprint density at radius 1 is 1.38 bits per heavy atom. The number of carbonyl (C=O) groups is 2. The molecule has 0 unspecified atom stereocenters. The lowest BCUT2D eigenvalue weighted by Crippen LogP contribution is -3.18. The number of thiophene rings is 1. The molecule has 1 aromatic heterocycles. The van der Waals surface area contributed by atoms with E-state index in [4.69, 9.17) is 9.47 Å². The van der Waals surface area contributed by atoms with Crippen molar-refractivity contribution < 1.29 is 24.0 Å². The van der Waals surface area contributed by atoms with Gasteiger partial charge in [0.1, 0.15) is 18.1 Å².